The number of hydrogen-bond donors (Lipinski definition) is 2. The maximum atomic E-state index is 15.3. The lowest BCUT2D eigenvalue weighted by atomic mass is 9.90. The van der Waals surface area contributed by atoms with Crippen molar-refractivity contribution < 1.29 is 23.8 Å². The molecular weight excluding hydrogens is 363 g/mol. The number of alkyl carbamates (subject to hydrolysis) is 1. The monoisotopic (exact) mass is 392 g/mol. The fourth-order valence-corrected chi connectivity index (χ4v) is 4.08. The number of carbonyl (C=O) groups is 2. The molecule has 0 spiro atoms. The molecule has 0 aromatic heterocycles. The number of hydrogen-bond acceptors (Lipinski definition) is 3. The second-order valence-corrected chi connectivity index (χ2v) is 8.79. The van der Waals surface area contributed by atoms with Crippen molar-refractivity contribution in [3.63, 3.8) is 0 Å². The number of amides is 2. The molecule has 2 N–H and O–H groups in total. The SMILES string of the molecule is CC(C)(C)OC(=O)NC1CCC(N(C(=O)O)[C@@H]2C[C@@]2(F)c2ccccc2)CC1. The number of carbonyl (C=O) groups excluding carboxylic acids is 1. The van der Waals surface area contributed by atoms with E-state index in [2.05, 4.69) is 5.32 Å². The first-order valence-electron chi connectivity index (χ1n) is 9.85. The molecular formula is C21H29FN2O4. The summed E-state index contributed by atoms with van der Waals surface area (Å²) in [5.74, 6) is 0. The Hall–Kier alpha value is -2.31. The van der Waals surface area contributed by atoms with E-state index < -0.39 is 29.5 Å². The second-order valence-electron chi connectivity index (χ2n) is 8.79. The van der Waals surface area contributed by atoms with Gasteiger partial charge in [-0.15, -0.1) is 0 Å². The lowest BCUT2D eigenvalue weighted by Gasteiger charge is -2.36. The molecule has 0 unspecified atom stereocenters. The molecule has 0 radical (unpaired) electrons. The Morgan fingerprint density at radius 2 is 1.79 bits per heavy atom. The summed E-state index contributed by atoms with van der Waals surface area (Å²) < 4.78 is 20.6. The van der Waals surface area contributed by atoms with E-state index in [1.54, 1.807) is 45.0 Å². The Labute approximate surface area is 165 Å². The fourth-order valence-electron chi connectivity index (χ4n) is 4.08. The second kappa shape index (κ2) is 7.60. The van der Waals surface area contributed by atoms with E-state index in [9.17, 15) is 14.7 Å². The van der Waals surface area contributed by atoms with Crippen molar-refractivity contribution in [2.75, 3.05) is 0 Å². The molecule has 2 fully saturated rings. The van der Waals surface area contributed by atoms with Crippen molar-refractivity contribution in [2.24, 2.45) is 0 Å². The van der Waals surface area contributed by atoms with Crippen LogP contribution in [-0.4, -0.2) is 45.9 Å². The summed E-state index contributed by atoms with van der Waals surface area (Å²) in [5, 5.41) is 12.6. The van der Waals surface area contributed by atoms with Gasteiger partial charge in [-0.1, -0.05) is 30.3 Å². The molecule has 2 aliphatic carbocycles. The van der Waals surface area contributed by atoms with E-state index in [0.717, 1.165) is 0 Å². The quantitative estimate of drug-likeness (QED) is 0.794. The third kappa shape index (κ3) is 4.56. The Morgan fingerprint density at radius 1 is 1.18 bits per heavy atom. The van der Waals surface area contributed by atoms with Gasteiger partial charge in [-0.25, -0.2) is 14.0 Å². The van der Waals surface area contributed by atoms with Crippen molar-refractivity contribution >= 4 is 12.2 Å². The highest BCUT2D eigenvalue weighted by molar-refractivity contribution is 5.68. The van der Waals surface area contributed by atoms with Gasteiger partial charge in [0.05, 0.1) is 6.04 Å². The molecule has 1 aromatic rings. The predicted octanol–water partition coefficient (Wildman–Crippen LogP) is 4.44. The van der Waals surface area contributed by atoms with Gasteiger partial charge < -0.3 is 15.2 Å². The predicted molar refractivity (Wildman–Crippen MR) is 103 cm³/mol. The minimum absolute atomic E-state index is 0.0507. The van der Waals surface area contributed by atoms with Gasteiger partial charge in [-0.05, 0) is 52.0 Å². The van der Waals surface area contributed by atoms with Gasteiger partial charge in [0.15, 0.2) is 5.67 Å². The van der Waals surface area contributed by atoms with Gasteiger partial charge in [0, 0.05) is 18.5 Å². The van der Waals surface area contributed by atoms with Gasteiger partial charge in [0.2, 0.25) is 0 Å². The standard InChI is InChI=1S/C21H29FN2O4/c1-20(2,3)28-18(25)23-15-9-11-16(12-10-15)24(19(26)27)17-13-21(17,22)14-7-5-4-6-8-14/h4-8,15-17H,9-13H2,1-3H3,(H,23,25)(H,26,27)/t15?,16?,17-,21-/m1/s1. The number of rotatable bonds is 4. The largest absolute Gasteiger partial charge is 0.465 e. The first-order chi connectivity index (χ1) is 13.1. The summed E-state index contributed by atoms with van der Waals surface area (Å²) in [4.78, 5) is 25.1. The van der Waals surface area contributed by atoms with E-state index in [4.69, 9.17) is 4.74 Å². The lowest BCUT2D eigenvalue weighted by molar-refractivity contribution is 0.0465. The van der Waals surface area contributed by atoms with Crippen LogP contribution in [0.2, 0.25) is 0 Å². The number of benzene rings is 1. The molecule has 154 valence electrons. The number of ether oxygens (including phenoxy) is 1. The Balaban J connectivity index is 1.58. The van der Waals surface area contributed by atoms with Gasteiger partial charge in [0.25, 0.3) is 0 Å². The Morgan fingerprint density at radius 3 is 2.32 bits per heavy atom. The summed E-state index contributed by atoms with van der Waals surface area (Å²) in [6.07, 6.45) is 1.13. The molecule has 2 aliphatic rings. The topological polar surface area (TPSA) is 78.9 Å². The number of carboxylic acid groups (broad SMARTS) is 1. The van der Waals surface area contributed by atoms with E-state index in [1.165, 1.54) is 4.90 Å². The van der Waals surface area contributed by atoms with Gasteiger partial charge in [-0.3, -0.25) is 4.90 Å². The maximum Gasteiger partial charge on any atom is 0.407 e. The molecule has 0 aliphatic heterocycles. The van der Waals surface area contributed by atoms with Gasteiger partial charge in [-0.2, -0.15) is 0 Å². The Kier molecular flexibility index (Phi) is 5.55. The molecule has 2 atom stereocenters. The zero-order chi connectivity index (χ0) is 20.5. The summed E-state index contributed by atoms with van der Waals surface area (Å²) >= 11 is 0. The van der Waals surface area contributed by atoms with Crippen molar-refractivity contribution in [2.45, 2.75) is 82.3 Å². The zero-order valence-corrected chi connectivity index (χ0v) is 16.7. The van der Waals surface area contributed by atoms with Crippen LogP contribution in [0.15, 0.2) is 30.3 Å². The average Bonchev–Trinajstić information content (AvgIpc) is 3.28. The molecule has 0 heterocycles. The number of nitrogens with one attached hydrogen (secondary N) is 1. The molecule has 1 aromatic carbocycles. The van der Waals surface area contributed by atoms with Gasteiger partial charge >= 0.3 is 12.2 Å². The fraction of sp³-hybridized carbons (Fsp3) is 0.619. The summed E-state index contributed by atoms with van der Waals surface area (Å²) in [7, 11) is 0. The maximum absolute atomic E-state index is 15.3. The lowest BCUT2D eigenvalue weighted by Crippen LogP contribution is -2.48. The van der Waals surface area contributed by atoms with Crippen molar-refractivity contribution in [3.05, 3.63) is 35.9 Å². The van der Waals surface area contributed by atoms with E-state index in [1.807, 2.05) is 6.07 Å². The smallest absolute Gasteiger partial charge is 0.407 e. The molecule has 7 heteroatoms. The van der Waals surface area contributed by atoms with Crippen LogP contribution in [0.1, 0.15) is 58.4 Å². The number of alkyl halides is 1. The van der Waals surface area contributed by atoms with Crippen LogP contribution in [-0.2, 0) is 10.4 Å². The van der Waals surface area contributed by atoms with Crippen molar-refractivity contribution in [1.82, 2.24) is 10.2 Å². The first kappa shape index (κ1) is 20.4. The van der Waals surface area contributed by atoms with Crippen LogP contribution in [0, 0.1) is 0 Å². The highest BCUT2D eigenvalue weighted by Crippen LogP contribution is 2.54. The van der Waals surface area contributed by atoms with Crippen molar-refractivity contribution in [3.8, 4) is 0 Å². The third-order valence-corrected chi connectivity index (χ3v) is 5.48. The summed E-state index contributed by atoms with van der Waals surface area (Å²) in [6, 6.07) is 7.84. The molecule has 2 saturated carbocycles. The van der Waals surface area contributed by atoms with Crippen LogP contribution in [0.4, 0.5) is 14.0 Å². The molecule has 0 bridgehead atoms. The third-order valence-electron chi connectivity index (χ3n) is 5.48. The molecule has 28 heavy (non-hydrogen) atoms. The van der Waals surface area contributed by atoms with E-state index >= 15 is 4.39 Å². The Bertz CT molecular complexity index is 713. The zero-order valence-electron chi connectivity index (χ0n) is 16.7. The van der Waals surface area contributed by atoms with Crippen LogP contribution < -0.4 is 5.32 Å². The minimum atomic E-state index is -1.61. The highest BCUT2D eigenvalue weighted by Gasteiger charge is 2.62. The average molecular weight is 392 g/mol. The summed E-state index contributed by atoms with van der Waals surface area (Å²) in [6.45, 7) is 5.42. The van der Waals surface area contributed by atoms with Gasteiger partial charge in [0.1, 0.15) is 5.60 Å². The van der Waals surface area contributed by atoms with E-state index in [-0.39, 0.29) is 18.5 Å². The first-order valence-corrected chi connectivity index (χ1v) is 9.85. The molecule has 0 saturated heterocycles. The number of halogens is 1. The minimum Gasteiger partial charge on any atom is -0.465 e. The van der Waals surface area contributed by atoms with Crippen molar-refractivity contribution in [1.29, 1.82) is 0 Å². The van der Waals surface area contributed by atoms with Crippen LogP contribution >= 0.6 is 0 Å². The molecule has 6 nitrogen and oxygen atoms in total. The summed E-state index contributed by atoms with van der Waals surface area (Å²) in [5.41, 5.74) is -1.63. The van der Waals surface area contributed by atoms with E-state index in [0.29, 0.717) is 31.2 Å². The molecule has 3 rings (SSSR count). The van der Waals surface area contributed by atoms with Crippen LogP contribution in [0.25, 0.3) is 0 Å². The normalized spacial score (nSPS) is 29.6. The number of nitrogens with zero attached hydrogens (tertiary/aromatic N) is 1. The highest BCUT2D eigenvalue weighted by atomic mass is 19.1. The van der Waals surface area contributed by atoms with Crippen LogP contribution in [0.3, 0.4) is 0 Å². The van der Waals surface area contributed by atoms with Crippen LogP contribution in [0.5, 0.6) is 0 Å². The molecule has 2 amide bonds.